The maximum atomic E-state index is 5.48. The van der Waals surface area contributed by atoms with Crippen LogP contribution in [-0.4, -0.2) is 48.9 Å². The van der Waals surface area contributed by atoms with Crippen molar-refractivity contribution in [3.63, 3.8) is 0 Å². The number of hydrogen-bond donors (Lipinski definition) is 0. The molecule has 1 fully saturated rings. The topological polar surface area (TPSA) is 37.8 Å². The van der Waals surface area contributed by atoms with Gasteiger partial charge in [-0.25, -0.2) is 4.98 Å². The van der Waals surface area contributed by atoms with Gasteiger partial charge in [-0.05, 0) is 38.0 Å². The second-order valence-electron chi connectivity index (χ2n) is 6.54. The molecule has 0 radical (unpaired) electrons. The molecule has 3 heterocycles. The van der Waals surface area contributed by atoms with E-state index in [0.717, 1.165) is 54.9 Å². The van der Waals surface area contributed by atoms with Gasteiger partial charge in [-0.2, -0.15) is 0 Å². The molecular formula is C18H23N3O2S. The summed E-state index contributed by atoms with van der Waals surface area (Å²) in [6.07, 6.45) is 1.03. The number of benzene rings is 1. The molecule has 24 heavy (non-hydrogen) atoms. The predicted octanol–water partition coefficient (Wildman–Crippen LogP) is 2.93. The fraction of sp³-hybridized carbons (Fsp3) is 0.500. The third-order valence-corrected chi connectivity index (χ3v) is 5.80. The molecule has 4 rings (SSSR count). The number of aryl methyl sites for hydroxylation is 1. The van der Waals surface area contributed by atoms with Crippen LogP contribution in [-0.2, 0) is 6.42 Å². The van der Waals surface area contributed by atoms with Gasteiger partial charge in [0, 0.05) is 37.6 Å². The molecule has 2 aliphatic rings. The first-order chi connectivity index (χ1) is 11.7. The van der Waals surface area contributed by atoms with E-state index in [1.54, 1.807) is 11.3 Å². The van der Waals surface area contributed by atoms with Gasteiger partial charge in [0.05, 0.1) is 5.69 Å². The number of aromatic nitrogens is 1. The lowest BCUT2D eigenvalue weighted by atomic mass is 10.0. The number of nitrogens with zero attached hydrogens (tertiary/aromatic N) is 3. The minimum atomic E-state index is 0.340. The number of anilines is 1. The minimum Gasteiger partial charge on any atom is -0.454 e. The van der Waals surface area contributed by atoms with Crippen LogP contribution in [0.4, 0.5) is 5.13 Å². The molecule has 0 bridgehead atoms. The van der Waals surface area contributed by atoms with Gasteiger partial charge in [0.1, 0.15) is 0 Å². The van der Waals surface area contributed by atoms with Gasteiger partial charge < -0.3 is 14.4 Å². The predicted molar refractivity (Wildman–Crippen MR) is 96.4 cm³/mol. The normalized spacial score (nSPS) is 18.8. The van der Waals surface area contributed by atoms with Crippen LogP contribution in [0.2, 0.25) is 0 Å². The standard InChI is InChI=1S/C18H23N3O2S/c1-13-11-24-18(19-13)21-7-5-20(6-8-21)14(2)9-15-3-4-16-17(10-15)23-12-22-16/h3-4,10-11,14H,5-9,12H2,1-2H3/t14-/m1/s1. The molecule has 0 N–H and O–H groups in total. The number of thiazole rings is 1. The molecule has 5 nitrogen and oxygen atoms in total. The Hall–Kier alpha value is -1.79. The van der Waals surface area contributed by atoms with E-state index in [0.29, 0.717) is 12.8 Å². The molecule has 1 aromatic heterocycles. The van der Waals surface area contributed by atoms with Crippen LogP contribution in [0, 0.1) is 6.92 Å². The molecule has 1 saturated heterocycles. The highest BCUT2D eigenvalue weighted by molar-refractivity contribution is 7.13. The second kappa shape index (κ2) is 6.61. The van der Waals surface area contributed by atoms with E-state index in [-0.39, 0.29) is 0 Å². The summed E-state index contributed by atoms with van der Waals surface area (Å²) in [7, 11) is 0. The van der Waals surface area contributed by atoms with E-state index >= 15 is 0 Å². The number of ether oxygens (including phenoxy) is 2. The largest absolute Gasteiger partial charge is 0.454 e. The first-order valence-corrected chi connectivity index (χ1v) is 9.36. The minimum absolute atomic E-state index is 0.340. The summed E-state index contributed by atoms with van der Waals surface area (Å²) in [6.45, 7) is 9.00. The Balaban J connectivity index is 1.33. The van der Waals surface area contributed by atoms with Crippen molar-refractivity contribution in [2.75, 3.05) is 37.9 Å². The van der Waals surface area contributed by atoms with Crippen molar-refractivity contribution in [2.24, 2.45) is 0 Å². The van der Waals surface area contributed by atoms with Gasteiger partial charge in [-0.3, -0.25) is 4.90 Å². The average Bonchev–Trinajstić information content (AvgIpc) is 3.23. The summed E-state index contributed by atoms with van der Waals surface area (Å²) in [6, 6.07) is 6.81. The zero-order chi connectivity index (χ0) is 16.5. The maximum Gasteiger partial charge on any atom is 0.231 e. The van der Waals surface area contributed by atoms with Crippen LogP contribution in [0.25, 0.3) is 0 Å². The van der Waals surface area contributed by atoms with Crippen LogP contribution < -0.4 is 14.4 Å². The molecule has 0 amide bonds. The van der Waals surface area contributed by atoms with Crippen LogP contribution in [0.3, 0.4) is 0 Å². The number of hydrogen-bond acceptors (Lipinski definition) is 6. The smallest absolute Gasteiger partial charge is 0.231 e. The summed E-state index contributed by atoms with van der Waals surface area (Å²) in [5.74, 6) is 1.74. The molecule has 6 heteroatoms. The van der Waals surface area contributed by atoms with Gasteiger partial charge in [-0.15, -0.1) is 11.3 Å². The maximum absolute atomic E-state index is 5.48. The molecule has 2 aliphatic heterocycles. The zero-order valence-electron chi connectivity index (χ0n) is 14.2. The Kier molecular flexibility index (Phi) is 4.33. The molecule has 1 aromatic carbocycles. The molecule has 0 aliphatic carbocycles. The molecule has 1 atom stereocenters. The van der Waals surface area contributed by atoms with Crippen LogP contribution in [0.15, 0.2) is 23.6 Å². The fourth-order valence-corrected chi connectivity index (χ4v) is 4.24. The van der Waals surface area contributed by atoms with Crippen LogP contribution >= 0.6 is 11.3 Å². The molecular weight excluding hydrogens is 322 g/mol. The molecule has 2 aromatic rings. The van der Waals surface area contributed by atoms with E-state index in [1.165, 1.54) is 5.56 Å². The van der Waals surface area contributed by atoms with Gasteiger partial charge in [0.2, 0.25) is 6.79 Å². The van der Waals surface area contributed by atoms with Gasteiger partial charge >= 0.3 is 0 Å². The van der Waals surface area contributed by atoms with Crippen molar-refractivity contribution in [2.45, 2.75) is 26.3 Å². The summed E-state index contributed by atoms with van der Waals surface area (Å²) in [4.78, 5) is 9.58. The van der Waals surface area contributed by atoms with Crippen molar-refractivity contribution in [1.82, 2.24) is 9.88 Å². The van der Waals surface area contributed by atoms with E-state index < -0.39 is 0 Å². The lowest BCUT2D eigenvalue weighted by molar-refractivity contribution is 0.174. The van der Waals surface area contributed by atoms with E-state index in [9.17, 15) is 0 Å². The SMILES string of the molecule is Cc1csc(N2CCN([C@H](C)Cc3ccc4c(c3)OCO4)CC2)n1. The summed E-state index contributed by atoms with van der Waals surface area (Å²) in [5.41, 5.74) is 2.43. The van der Waals surface area contributed by atoms with Crippen molar-refractivity contribution >= 4 is 16.5 Å². The molecule has 0 saturated carbocycles. The number of rotatable bonds is 4. The van der Waals surface area contributed by atoms with E-state index in [4.69, 9.17) is 9.47 Å². The van der Waals surface area contributed by atoms with Crippen molar-refractivity contribution in [3.05, 3.63) is 34.8 Å². The van der Waals surface area contributed by atoms with Gasteiger partial charge in [0.15, 0.2) is 16.6 Å². The van der Waals surface area contributed by atoms with Crippen LogP contribution in [0.1, 0.15) is 18.2 Å². The summed E-state index contributed by atoms with van der Waals surface area (Å²) >= 11 is 1.75. The van der Waals surface area contributed by atoms with Gasteiger partial charge in [-0.1, -0.05) is 6.07 Å². The average molecular weight is 345 g/mol. The monoisotopic (exact) mass is 345 g/mol. The molecule has 0 unspecified atom stereocenters. The summed E-state index contributed by atoms with van der Waals surface area (Å²) < 4.78 is 10.9. The first kappa shape index (κ1) is 15.7. The Morgan fingerprint density at radius 1 is 1.17 bits per heavy atom. The molecule has 128 valence electrons. The third kappa shape index (κ3) is 3.21. The molecule has 0 spiro atoms. The highest BCUT2D eigenvalue weighted by Crippen LogP contribution is 2.33. The quantitative estimate of drug-likeness (QED) is 0.852. The number of piperazine rings is 1. The van der Waals surface area contributed by atoms with Crippen molar-refractivity contribution in [1.29, 1.82) is 0 Å². The van der Waals surface area contributed by atoms with Gasteiger partial charge in [0.25, 0.3) is 0 Å². The van der Waals surface area contributed by atoms with Crippen LogP contribution in [0.5, 0.6) is 11.5 Å². The highest BCUT2D eigenvalue weighted by Gasteiger charge is 2.23. The lowest BCUT2D eigenvalue weighted by Crippen LogP contribution is -2.50. The van der Waals surface area contributed by atoms with Crippen molar-refractivity contribution < 1.29 is 9.47 Å². The van der Waals surface area contributed by atoms with Crippen molar-refractivity contribution in [3.8, 4) is 11.5 Å². The fourth-order valence-electron chi connectivity index (χ4n) is 3.38. The Bertz CT molecular complexity index is 710. The number of fused-ring (bicyclic) bond motifs is 1. The Morgan fingerprint density at radius 3 is 2.71 bits per heavy atom. The zero-order valence-corrected chi connectivity index (χ0v) is 15.0. The van der Waals surface area contributed by atoms with E-state index in [1.807, 2.05) is 6.07 Å². The lowest BCUT2D eigenvalue weighted by Gasteiger charge is -2.38. The summed E-state index contributed by atoms with van der Waals surface area (Å²) in [5, 5.41) is 3.29. The van der Waals surface area contributed by atoms with E-state index in [2.05, 4.69) is 46.1 Å². The third-order valence-electron chi connectivity index (χ3n) is 4.78. The highest BCUT2D eigenvalue weighted by atomic mass is 32.1. The Morgan fingerprint density at radius 2 is 1.96 bits per heavy atom. The first-order valence-electron chi connectivity index (χ1n) is 8.49. The Labute approximate surface area is 146 Å². The second-order valence-corrected chi connectivity index (χ2v) is 7.37.